The minimum Gasteiger partial charge on any atom is -0.495 e. The van der Waals surface area contributed by atoms with Gasteiger partial charge in [-0.3, -0.25) is 33.5 Å². The zero-order valence-corrected chi connectivity index (χ0v) is 39.3. The van der Waals surface area contributed by atoms with Crippen LogP contribution < -0.4 is 20.6 Å². The Bertz CT molecular complexity index is 2960. The molecule has 4 aromatic heterocycles. The van der Waals surface area contributed by atoms with Gasteiger partial charge in [0.05, 0.1) is 36.9 Å². The molecule has 358 valence electrons. The van der Waals surface area contributed by atoms with Crippen LogP contribution in [0.5, 0.6) is 5.75 Å². The van der Waals surface area contributed by atoms with Crippen LogP contribution in [-0.4, -0.2) is 96.2 Å². The number of imide groups is 1. The molecule has 7 heterocycles. The third-order valence-electron chi connectivity index (χ3n) is 15.4. The number of ether oxygens (including phenoxy) is 1. The minimum absolute atomic E-state index is 0.00273. The van der Waals surface area contributed by atoms with E-state index in [1.165, 1.54) is 38.9 Å². The van der Waals surface area contributed by atoms with Crippen molar-refractivity contribution in [2.45, 2.75) is 103 Å². The number of benzene rings is 2. The van der Waals surface area contributed by atoms with Crippen LogP contribution in [0, 0.1) is 11.8 Å². The summed E-state index contributed by atoms with van der Waals surface area (Å²) >= 11 is 0. The highest BCUT2D eigenvalue weighted by atomic mass is 19.3. The van der Waals surface area contributed by atoms with Crippen LogP contribution in [-0.2, 0) is 40.8 Å². The highest BCUT2D eigenvalue weighted by Gasteiger charge is 2.35. The molecule has 1 unspecified atom stereocenters. The lowest BCUT2D eigenvalue weighted by molar-refractivity contribution is -0.135. The Morgan fingerprint density at radius 2 is 1.74 bits per heavy atom. The molecule has 3 amide bonds. The fourth-order valence-corrected chi connectivity index (χ4v) is 11.6. The number of aromatic nitrogens is 6. The van der Waals surface area contributed by atoms with Gasteiger partial charge in [0.25, 0.3) is 6.43 Å². The summed E-state index contributed by atoms with van der Waals surface area (Å²) in [5.41, 5.74) is 6.57. The molecule has 4 aliphatic rings. The van der Waals surface area contributed by atoms with Gasteiger partial charge >= 0.3 is 5.69 Å². The van der Waals surface area contributed by atoms with E-state index < -0.39 is 18.4 Å². The first-order chi connectivity index (χ1) is 32.9. The number of pyridine rings is 1. The Morgan fingerprint density at radius 1 is 0.956 bits per heavy atom. The summed E-state index contributed by atoms with van der Waals surface area (Å²) in [7, 11) is 5.16. The number of imidazole rings is 2. The molecule has 1 saturated carbocycles. The van der Waals surface area contributed by atoms with Gasteiger partial charge in [0.2, 0.25) is 17.7 Å². The van der Waals surface area contributed by atoms with Crippen LogP contribution in [0.1, 0.15) is 106 Å². The van der Waals surface area contributed by atoms with Crippen LogP contribution in [0.3, 0.4) is 0 Å². The van der Waals surface area contributed by atoms with E-state index in [-0.39, 0.29) is 35.5 Å². The molecule has 2 saturated heterocycles. The molecule has 2 aromatic carbocycles. The first-order valence-corrected chi connectivity index (χ1v) is 24.1. The Hall–Kier alpha value is -6.36. The third kappa shape index (κ3) is 8.47. The second kappa shape index (κ2) is 18.6. The van der Waals surface area contributed by atoms with Gasteiger partial charge < -0.3 is 23.8 Å². The molecule has 0 spiro atoms. The molecule has 0 bridgehead atoms. The fourth-order valence-electron chi connectivity index (χ4n) is 11.6. The van der Waals surface area contributed by atoms with Gasteiger partial charge in [0, 0.05) is 101 Å². The number of anilines is 2. The van der Waals surface area contributed by atoms with Gasteiger partial charge in [-0.2, -0.15) is 5.10 Å². The molecule has 0 radical (unpaired) electrons. The first kappa shape index (κ1) is 45.4. The van der Waals surface area contributed by atoms with E-state index in [0.29, 0.717) is 71.8 Å². The van der Waals surface area contributed by atoms with Crippen LogP contribution in [0.25, 0.3) is 27.8 Å². The number of carbonyl (C=O) groups excluding carboxylic acids is 3. The van der Waals surface area contributed by atoms with Crippen LogP contribution in [0.15, 0.2) is 65.8 Å². The van der Waals surface area contributed by atoms with Gasteiger partial charge in [0.15, 0.2) is 5.82 Å². The third-order valence-corrected chi connectivity index (χ3v) is 15.4. The van der Waals surface area contributed by atoms with E-state index >= 15 is 0 Å². The highest BCUT2D eigenvalue weighted by molar-refractivity contribution is 6.00. The molecular weight excluding hydrogens is 871 g/mol. The quantitative estimate of drug-likeness (QED) is 0.123. The predicted molar refractivity (Wildman–Crippen MR) is 254 cm³/mol. The van der Waals surface area contributed by atoms with Crippen molar-refractivity contribution in [3.63, 3.8) is 0 Å². The number of nitrogens with one attached hydrogen (secondary N) is 1. The number of likely N-dealkylation sites (tertiary alicyclic amines) is 1. The maximum atomic E-state index is 15.0. The second-order valence-corrected chi connectivity index (χ2v) is 19.4. The molecule has 3 fully saturated rings. The highest BCUT2D eigenvalue weighted by Crippen LogP contribution is 2.42. The number of hydrogen-bond donors (Lipinski definition) is 1. The van der Waals surface area contributed by atoms with Gasteiger partial charge in [0.1, 0.15) is 17.4 Å². The lowest BCUT2D eigenvalue weighted by Crippen LogP contribution is -2.44. The van der Waals surface area contributed by atoms with Gasteiger partial charge in [-0.05, 0) is 92.2 Å². The van der Waals surface area contributed by atoms with Crippen molar-refractivity contribution in [3.8, 4) is 16.9 Å². The zero-order valence-electron chi connectivity index (χ0n) is 39.3. The second-order valence-electron chi connectivity index (χ2n) is 19.4. The maximum Gasteiger partial charge on any atom is 0.329 e. The number of alkyl halides is 2. The van der Waals surface area contributed by atoms with Gasteiger partial charge in [-0.15, -0.1) is 0 Å². The topological polar surface area (TPSA) is 144 Å². The average molecular weight is 931 g/mol. The summed E-state index contributed by atoms with van der Waals surface area (Å²) in [6.07, 6.45) is 12.2. The Balaban J connectivity index is 0.784. The molecule has 10 rings (SSSR count). The van der Waals surface area contributed by atoms with Crippen molar-refractivity contribution in [1.29, 1.82) is 0 Å². The summed E-state index contributed by atoms with van der Waals surface area (Å²) in [5.74, 6) is 1.68. The number of nitrogens with zero attached hydrogens (tertiary/aromatic N) is 9. The van der Waals surface area contributed by atoms with Crippen molar-refractivity contribution < 1.29 is 27.9 Å². The van der Waals surface area contributed by atoms with Gasteiger partial charge in [-0.1, -0.05) is 31.0 Å². The van der Waals surface area contributed by atoms with Crippen molar-refractivity contribution in [1.82, 2.24) is 43.4 Å². The maximum absolute atomic E-state index is 15.0. The van der Waals surface area contributed by atoms with Crippen LogP contribution >= 0.6 is 0 Å². The zero-order chi connectivity index (χ0) is 47.4. The van der Waals surface area contributed by atoms with E-state index in [1.807, 2.05) is 35.0 Å². The standard InChI is InChI=1S/C51H60F2N10O5/c1-31(64)60-24-20-41-40(29-60)49(57(2)36-14-15-37(39(26-36)48(52)53)38-27-45-54-21-25-61(45)30-44(38)68-4)56-63(41)35-18-22-59(23-19-35)28-33-10-8-32(9-11-33)12-13-34-6-5-7-42-47(34)58(3)51(67)62(42)43-16-17-46(65)55-50(43)66/h5-7,14-15,21,25-27,30,32-33,35,43,48H,8-13,16-20,22-24,28-29H2,1-4H3,(H,55,65,66). The number of piperidine rings is 2. The predicted octanol–water partition coefficient (Wildman–Crippen LogP) is 7.52. The number of carbonyl (C=O) groups is 3. The van der Waals surface area contributed by atoms with Crippen molar-refractivity contribution in [3.05, 3.63) is 93.9 Å². The Labute approximate surface area is 393 Å². The lowest BCUT2D eigenvalue weighted by Gasteiger charge is -2.37. The van der Waals surface area contributed by atoms with E-state index in [4.69, 9.17) is 9.84 Å². The molecule has 1 N–H and O–H groups in total. The molecular formula is C51H60F2N10O5. The number of amides is 3. The van der Waals surface area contributed by atoms with Crippen LogP contribution in [0.4, 0.5) is 20.3 Å². The number of fused-ring (bicyclic) bond motifs is 3. The minimum atomic E-state index is -2.75. The summed E-state index contributed by atoms with van der Waals surface area (Å²) < 4.78 is 42.7. The van der Waals surface area contributed by atoms with E-state index in [9.17, 15) is 28.0 Å². The summed E-state index contributed by atoms with van der Waals surface area (Å²) in [4.78, 5) is 61.4. The SMILES string of the molecule is COc1cn2ccnc2cc1-c1ccc(N(C)c2nn(C3CCN(CC4CCC(CCc5cccc6c5n(C)c(=O)n6C5CCC(=O)NC5=O)CC4)CC3)c3c2CN(C(C)=O)CC3)cc1C(F)F. The Morgan fingerprint density at radius 3 is 2.47 bits per heavy atom. The number of halogens is 2. The Kier molecular flexibility index (Phi) is 12.4. The number of rotatable bonds is 12. The normalized spacial score (nSPS) is 20.6. The van der Waals surface area contributed by atoms with E-state index in [1.54, 1.807) is 58.2 Å². The number of methoxy groups -OCH3 is 1. The monoisotopic (exact) mass is 930 g/mol. The summed E-state index contributed by atoms with van der Waals surface area (Å²) in [5, 5.41) is 7.66. The molecule has 15 nitrogen and oxygen atoms in total. The van der Waals surface area contributed by atoms with Gasteiger partial charge in [-0.25, -0.2) is 18.6 Å². The van der Waals surface area contributed by atoms with Crippen molar-refractivity contribution in [2.75, 3.05) is 45.2 Å². The molecule has 17 heteroatoms. The summed E-state index contributed by atoms with van der Waals surface area (Å²) in [6.45, 7) is 5.64. The van der Waals surface area contributed by atoms with E-state index in [2.05, 4.69) is 25.9 Å². The number of aryl methyl sites for hydroxylation is 2. The largest absolute Gasteiger partial charge is 0.495 e. The van der Waals surface area contributed by atoms with E-state index in [0.717, 1.165) is 73.2 Å². The molecule has 1 aliphatic carbocycles. The number of hydrogen-bond acceptors (Lipinski definition) is 9. The van der Waals surface area contributed by atoms with Crippen molar-refractivity contribution in [2.24, 2.45) is 18.9 Å². The van der Waals surface area contributed by atoms with Crippen LogP contribution in [0.2, 0.25) is 0 Å². The smallest absolute Gasteiger partial charge is 0.329 e. The average Bonchev–Trinajstić information content (AvgIpc) is 4.04. The fraction of sp³-hybridized carbons (Fsp3) is 0.490. The molecule has 3 aliphatic heterocycles. The first-order valence-electron chi connectivity index (χ1n) is 24.1. The van der Waals surface area contributed by atoms with Crippen molar-refractivity contribution >= 4 is 45.9 Å². The molecule has 68 heavy (non-hydrogen) atoms. The summed E-state index contributed by atoms with van der Waals surface area (Å²) in [6, 6.07) is 12.3. The molecule has 1 atom stereocenters. The number of para-hydroxylation sites is 1. The molecule has 6 aromatic rings. The lowest BCUT2D eigenvalue weighted by atomic mass is 9.79.